The van der Waals surface area contributed by atoms with Crippen LogP contribution >= 0.6 is 0 Å². The van der Waals surface area contributed by atoms with Crippen LogP contribution in [-0.4, -0.2) is 52.8 Å². The molecule has 0 amide bonds. The average Bonchev–Trinajstić information content (AvgIpc) is 3.52. The molecule has 12 heteroatoms. The molecule has 0 saturated carbocycles. The minimum atomic E-state index is -4.46. The Labute approximate surface area is 209 Å². The highest BCUT2D eigenvalue weighted by Gasteiger charge is 2.40. The third-order valence-electron chi connectivity index (χ3n) is 6.04. The van der Waals surface area contributed by atoms with Crippen molar-refractivity contribution in [3.63, 3.8) is 0 Å². The fraction of sp³-hybridized carbons (Fsp3) is 0.240. The lowest BCUT2D eigenvalue weighted by molar-refractivity contribution is -0.147. The van der Waals surface area contributed by atoms with Crippen LogP contribution in [0.2, 0.25) is 0 Å². The van der Waals surface area contributed by atoms with Gasteiger partial charge in [0, 0.05) is 24.1 Å². The molecule has 190 valence electrons. The first kappa shape index (κ1) is 24.4. The minimum absolute atomic E-state index is 0.151. The van der Waals surface area contributed by atoms with Crippen molar-refractivity contribution in [2.45, 2.75) is 32.4 Å². The normalized spacial score (nSPS) is 12.7. The van der Waals surface area contributed by atoms with Gasteiger partial charge in [0.1, 0.15) is 12.1 Å². The maximum atomic E-state index is 13.5. The van der Waals surface area contributed by atoms with Crippen LogP contribution in [0.4, 0.5) is 24.7 Å². The predicted molar refractivity (Wildman–Crippen MR) is 132 cm³/mol. The molecule has 0 aliphatic carbocycles. The molecule has 0 aliphatic rings. The van der Waals surface area contributed by atoms with E-state index in [0.717, 1.165) is 23.8 Å². The summed E-state index contributed by atoms with van der Waals surface area (Å²) in [6, 6.07) is 12.8. The molecule has 0 fully saturated rings. The third kappa shape index (κ3) is 4.87. The molecule has 0 radical (unpaired) electrons. The fourth-order valence-corrected chi connectivity index (χ4v) is 4.03. The maximum absolute atomic E-state index is 13.5. The summed E-state index contributed by atoms with van der Waals surface area (Å²) in [5, 5.41) is 27.3. The van der Waals surface area contributed by atoms with Gasteiger partial charge in [0.25, 0.3) is 0 Å². The number of halogens is 3. The Morgan fingerprint density at radius 3 is 2.68 bits per heavy atom. The smallest absolute Gasteiger partial charge is 0.396 e. The first-order chi connectivity index (χ1) is 17.7. The fourth-order valence-electron chi connectivity index (χ4n) is 4.03. The van der Waals surface area contributed by atoms with E-state index >= 15 is 0 Å². The summed E-state index contributed by atoms with van der Waals surface area (Å²) in [5.41, 5.74) is 4.04. The number of fused-ring (bicyclic) bond motifs is 1. The molecule has 37 heavy (non-hydrogen) atoms. The molecular formula is C25H23F3N8O. The number of aryl methyl sites for hydroxylation is 1. The summed E-state index contributed by atoms with van der Waals surface area (Å²) in [6.07, 6.45) is -1.22. The lowest BCUT2D eigenvalue weighted by Crippen LogP contribution is -2.19. The van der Waals surface area contributed by atoms with Crippen molar-refractivity contribution < 1.29 is 18.3 Å². The van der Waals surface area contributed by atoms with Crippen molar-refractivity contribution in [1.82, 2.24) is 34.9 Å². The third-order valence-corrected chi connectivity index (χ3v) is 6.04. The summed E-state index contributed by atoms with van der Waals surface area (Å²) in [6.45, 7) is 2.74. The number of aliphatic hydroxyl groups excluding tert-OH is 1. The van der Waals surface area contributed by atoms with Gasteiger partial charge >= 0.3 is 6.18 Å². The summed E-state index contributed by atoms with van der Waals surface area (Å²) < 4.78 is 42.2. The monoisotopic (exact) mass is 508 g/mol. The number of imidazole rings is 1. The van der Waals surface area contributed by atoms with Crippen LogP contribution in [0.15, 0.2) is 55.0 Å². The van der Waals surface area contributed by atoms with Crippen molar-refractivity contribution in [2.75, 3.05) is 11.9 Å². The second kappa shape index (κ2) is 9.62. The number of rotatable bonds is 7. The Morgan fingerprint density at radius 1 is 1.11 bits per heavy atom. The van der Waals surface area contributed by atoms with Crippen LogP contribution in [0.3, 0.4) is 0 Å². The van der Waals surface area contributed by atoms with Gasteiger partial charge in [-0.05, 0) is 62.2 Å². The van der Waals surface area contributed by atoms with Gasteiger partial charge in [-0.3, -0.25) is 9.67 Å². The molecule has 4 heterocycles. The molecule has 0 unspecified atom stereocenters. The molecule has 5 rings (SSSR count). The minimum Gasteiger partial charge on any atom is -0.396 e. The number of nitrogens with one attached hydrogen (secondary N) is 2. The van der Waals surface area contributed by atoms with Crippen molar-refractivity contribution in [3.8, 4) is 17.1 Å². The Morgan fingerprint density at radius 2 is 1.95 bits per heavy atom. The molecule has 9 nitrogen and oxygen atoms in total. The molecule has 0 saturated heterocycles. The molecule has 1 atom stereocenters. The summed E-state index contributed by atoms with van der Waals surface area (Å²) in [7, 11) is 0. The van der Waals surface area contributed by atoms with Crippen LogP contribution in [0.25, 0.3) is 28.1 Å². The van der Waals surface area contributed by atoms with Gasteiger partial charge < -0.3 is 10.4 Å². The van der Waals surface area contributed by atoms with Crippen LogP contribution < -0.4 is 5.32 Å². The molecule has 0 bridgehead atoms. The van der Waals surface area contributed by atoms with E-state index in [1.165, 1.54) is 6.20 Å². The highest BCUT2D eigenvalue weighted by atomic mass is 19.4. The van der Waals surface area contributed by atoms with E-state index in [-0.39, 0.29) is 24.3 Å². The molecule has 5 aromatic rings. The lowest BCUT2D eigenvalue weighted by atomic mass is 9.98. The van der Waals surface area contributed by atoms with Gasteiger partial charge in [-0.2, -0.15) is 23.4 Å². The van der Waals surface area contributed by atoms with Gasteiger partial charge in [0.15, 0.2) is 5.82 Å². The van der Waals surface area contributed by atoms with Crippen molar-refractivity contribution >= 4 is 22.5 Å². The maximum Gasteiger partial charge on any atom is 0.397 e. The number of benzene rings is 1. The zero-order valence-electron chi connectivity index (χ0n) is 20.0. The SMILES string of the molecule is Cc1ccc(Nc2ccc3c(c2)ncn3-c2ccc(CCO)c(-c3c[nH]nc3[C@H](C)C(F)(F)F)n2)nn1. The molecule has 4 aromatic heterocycles. The van der Waals surface area contributed by atoms with E-state index in [1.54, 1.807) is 23.0 Å². The van der Waals surface area contributed by atoms with E-state index in [1.807, 2.05) is 37.3 Å². The largest absolute Gasteiger partial charge is 0.397 e. The highest BCUT2D eigenvalue weighted by molar-refractivity contribution is 5.82. The molecule has 0 spiro atoms. The molecule has 0 aliphatic heterocycles. The number of aliphatic hydroxyl groups is 1. The second-order valence-corrected chi connectivity index (χ2v) is 8.60. The van der Waals surface area contributed by atoms with Gasteiger partial charge in [-0.15, -0.1) is 5.10 Å². The van der Waals surface area contributed by atoms with Gasteiger partial charge in [-0.25, -0.2) is 9.97 Å². The zero-order chi connectivity index (χ0) is 26.2. The second-order valence-electron chi connectivity index (χ2n) is 8.60. The highest BCUT2D eigenvalue weighted by Crippen LogP contribution is 2.38. The Kier molecular flexibility index (Phi) is 6.34. The molecular weight excluding hydrogens is 485 g/mol. The number of pyridine rings is 1. The summed E-state index contributed by atoms with van der Waals surface area (Å²) in [4.78, 5) is 9.18. The van der Waals surface area contributed by atoms with Crippen LogP contribution in [-0.2, 0) is 6.42 Å². The zero-order valence-corrected chi connectivity index (χ0v) is 20.0. The van der Waals surface area contributed by atoms with E-state index in [9.17, 15) is 18.3 Å². The van der Waals surface area contributed by atoms with E-state index in [0.29, 0.717) is 28.4 Å². The Hall–Kier alpha value is -4.32. The number of H-pyrrole nitrogens is 1. The van der Waals surface area contributed by atoms with Crippen LogP contribution in [0.1, 0.15) is 29.8 Å². The standard InChI is InChI=1S/C25H23F3N8O/c1-14-3-7-21(34-33-14)31-17-5-6-20-19(11-17)29-13-36(20)22-8-4-16(9-10-37)24(32-22)18-12-30-35-23(18)15(2)25(26,27)28/h3-8,11-13,15,37H,9-10H2,1-2H3,(H,30,35)(H,31,34)/t15-/m0/s1. The van der Waals surface area contributed by atoms with Gasteiger partial charge in [0.2, 0.25) is 0 Å². The number of hydrogen-bond donors (Lipinski definition) is 3. The first-order valence-electron chi connectivity index (χ1n) is 11.5. The topological polar surface area (TPSA) is 117 Å². The molecule has 1 aromatic carbocycles. The summed E-state index contributed by atoms with van der Waals surface area (Å²) >= 11 is 0. The Bertz CT molecular complexity index is 1540. The lowest BCUT2D eigenvalue weighted by Gasteiger charge is -2.16. The number of anilines is 2. The van der Waals surface area contributed by atoms with Gasteiger partial charge in [-0.1, -0.05) is 6.07 Å². The number of nitrogens with zero attached hydrogens (tertiary/aromatic N) is 6. The van der Waals surface area contributed by atoms with E-state index in [2.05, 4.69) is 30.7 Å². The summed E-state index contributed by atoms with van der Waals surface area (Å²) in [5.74, 6) is -0.727. The number of aromatic nitrogens is 7. The Balaban J connectivity index is 1.53. The van der Waals surface area contributed by atoms with Crippen LogP contribution in [0.5, 0.6) is 0 Å². The quantitative estimate of drug-likeness (QED) is 0.288. The van der Waals surface area contributed by atoms with Gasteiger partial charge in [0.05, 0.1) is 34.0 Å². The van der Waals surface area contributed by atoms with Crippen molar-refractivity contribution in [2.24, 2.45) is 0 Å². The predicted octanol–water partition coefficient (Wildman–Crippen LogP) is 4.85. The number of aromatic amines is 1. The van der Waals surface area contributed by atoms with E-state index in [4.69, 9.17) is 4.98 Å². The average molecular weight is 509 g/mol. The van der Waals surface area contributed by atoms with Crippen molar-refractivity contribution in [1.29, 1.82) is 0 Å². The van der Waals surface area contributed by atoms with Crippen LogP contribution in [0, 0.1) is 6.92 Å². The number of alkyl halides is 3. The van der Waals surface area contributed by atoms with E-state index < -0.39 is 12.1 Å². The number of hydrogen-bond acceptors (Lipinski definition) is 7. The molecule has 3 N–H and O–H groups in total. The first-order valence-corrected chi connectivity index (χ1v) is 11.5. The van der Waals surface area contributed by atoms with Crippen molar-refractivity contribution in [3.05, 3.63) is 71.9 Å².